The van der Waals surface area contributed by atoms with Crippen LogP contribution in [-0.2, 0) is 19.2 Å². The summed E-state index contributed by atoms with van der Waals surface area (Å²) in [6.07, 6.45) is 0.832. The fourth-order valence-corrected chi connectivity index (χ4v) is 1.04. The number of carbonyl (C=O) groups excluding carboxylic acids is 3. The minimum absolute atomic E-state index is 0.136. The van der Waals surface area contributed by atoms with Crippen LogP contribution >= 0.6 is 0 Å². The van der Waals surface area contributed by atoms with Crippen molar-refractivity contribution in [2.24, 2.45) is 5.92 Å². The van der Waals surface area contributed by atoms with Crippen LogP contribution in [0.15, 0.2) is 0 Å². The summed E-state index contributed by atoms with van der Waals surface area (Å²) in [5.41, 5.74) is 0. The summed E-state index contributed by atoms with van der Waals surface area (Å²) in [6, 6.07) is 0. The van der Waals surface area contributed by atoms with E-state index in [1.54, 1.807) is 0 Å². The molecule has 12 heavy (non-hydrogen) atoms. The molecular weight excluding hydrogens is 162 g/mol. The lowest BCUT2D eigenvalue weighted by Crippen LogP contribution is -2.27. The van der Waals surface area contributed by atoms with E-state index in [1.807, 2.05) is 0 Å². The summed E-state index contributed by atoms with van der Waals surface area (Å²) >= 11 is 0. The maximum atomic E-state index is 11.0. The lowest BCUT2D eigenvalue weighted by Gasteiger charge is -2.12. The average Bonchev–Trinajstić information content (AvgIpc) is 2.31. The highest BCUT2D eigenvalue weighted by molar-refractivity contribution is 5.83. The third kappa shape index (κ3) is 1.81. The Labute approximate surface area is 69.2 Å². The molecule has 0 bridgehead atoms. The van der Waals surface area contributed by atoms with Crippen LogP contribution in [0.5, 0.6) is 0 Å². The molecule has 1 heterocycles. The number of nitrogens with zero attached hydrogens (tertiary/aromatic N) is 1. The zero-order valence-corrected chi connectivity index (χ0v) is 6.65. The van der Waals surface area contributed by atoms with Crippen molar-refractivity contribution in [3.8, 4) is 0 Å². The maximum absolute atomic E-state index is 11.0. The molecule has 1 saturated heterocycles. The molecule has 0 aliphatic carbocycles. The van der Waals surface area contributed by atoms with Gasteiger partial charge in [0.1, 0.15) is 6.29 Å². The Kier molecular flexibility index (Phi) is 2.42. The van der Waals surface area contributed by atoms with Gasteiger partial charge in [-0.15, -0.1) is 0 Å². The molecule has 0 spiro atoms. The van der Waals surface area contributed by atoms with Crippen LogP contribution in [-0.4, -0.2) is 29.8 Å². The zero-order valence-electron chi connectivity index (χ0n) is 6.65. The predicted molar refractivity (Wildman–Crippen MR) is 37.7 cm³/mol. The van der Waals surface area contributed by atoms with Gasteiger partial charge in [-0.2, -0.15) is 5.06 Å². The Morgan fingerprint density at radius 3 is 2.83 bits per heavy atom. The molecule has 1 rings (SSSR count). The monoisotopic (exact) mass is 171 g/mol. The topological polar surface area (TPSA) is 63.7 Å². The number of carbonyl (C=O) groups is 3. The number of hydrogen-bond acceptors (Lipinski definition) is 4. The third-order valence-electron chi connectivity index (χ3n) is 1.55. The highest BCUT2D eigenvalue weighted by Gasteiger charge is 2.31. The van der Waals surface area contributed by atoms with Crippen molar-refractivity contribution < 1.29 is 19.2 Å². The molecule has 1 fully saturated rings. The first-order chi connectivity index (χ1) is 5.63. The Hall–Kier alpha value is -1.39. The van der Waals surface area contributed by atoms with Gasteiger partial charge in [0.15, 0.2) is 0 Å². The first-order valence-electron chi connectivity index (χ1n) is 3.57. The van der Waals surface area contributed by atoms with Crippen LogP contribution in [0.4, 0.5) is 0 Å². The second-order valence-electron chi connectivity index (χ2n) is 2.64. The van der Waals surface area contributed by atoms with Gasteiger partial charge in [-0.3, -0.25) is 9.59 Å². The minimum Gasteiger partial charge on any atom is -0.338 e. The molecule has 1 unspecified atom stereocenters. The Bertz CT molecular complexity index is 225. The van der Waals surface area contributed by atoms with Gasteiger partial charge in [-0.05, 0) is 0 Å². The van der Waals surface area contributed by atoms with E-state index in [4.69, 9.17) is 0 Å². The van der Waals surface area contributed by atoms with Crippen LogP contribution in [0, 0.1) is 5.92 Å². The van der Waals surface area contributed by atoms with E-state index >= 15 is 0 Å². The van der Waals surface area contributed by atoms with Crippen molar-refractivity contribution >= 4 is 18.2 Å². The fraction of sp³-hybridized carbons (Fsp3) is 0.571. The van der Waals surface area contributed by atoms with Gasteiger partial charge in [0.25, 0.3) is 5.91 Å². The smallest absolute Gasteiger partial charge is 0.329 e. The van der Waals surface area contributed by atoms with Gasteiger partial charge in [0, 0.05) is 19.3 Å². The average molecular weight is 171 g/mol. The lowest BCUT2D eigenvalue weighted by atomic mass is 10.1. The second-order valence-corrected chi connectivity index (χ2v) is 2.64. The fourth-order valence-electron chi connectivity index (χ4n) is 1.04. The van der Waals surface area contributed by atoms with Crippen LogP contribution in [0.1, 0.15) is 13.3 Å². The van der Waals surface area contributed by atoms with Crippen LogP contribution < -0.4 is 0 Å². The van der Waals surface area contributed by atoms with E-state index in [-0.39, 0.29) is 24.8 Å². The summed E-state index contributed by atoms with van der Waals surface area (Å²) in [6.45, 7) is 1.39. The van der Waals surface area contributed by atoms with E-state index in [2.05, 4.69) is 4.84 Å². The first-order valence-corrected chi connectivity index (χ1v) is 3.57. The largest absolute Gasteiger partial charge is 0.338 e. The molecule has 1 aliphatic rings. The van der Waals surface area contributed by atoms with Crippen molar-refractivity contribution in [1.29, 1.82) is 0 Å². The molecule has 0 radical (unpaired) electrons. The molecule has 5 heteroatoms. The summed E-state index contributed by atoms with van der Waals surface area (Å²) in [7, 11) is 0. The molecule has 1 amide bonds. The Morgan fingerprint density at radius 2 is 2.42 bits per heavy atom. The number of amides is 1. The molecular formula is C7H9NO4. The zero-order chi connectivity index (χ0) is 9.14. The molecule has 0 N–H and O–H groups in total. The summed E-state index contributed by atoms with van der Waals surface area (Å²) in [4.78, 5) is 36.2. The van der Waals surface area contributed by atoms with Gasteiger partial charge in [0.05, 0.1) is 6.54 Å². The van der Waals surface area contributed by atoms with Crippen LogP contribution in [0.3, 0.4) is 0 Å². The van der Waals surface area contributed by atoms with Gasteiger partial charge in [-0.1, -0.05) is 0 Å². The van der Waals surface area contributed by atoms with Crippen molar-refractivity contribution in [1.82, 2.24) is 5.06 Å². The SMILES string of the molecule is CC(=O)ON1CC(C=O)CC1=O. The molecule has 1 aliphatic heterocycles. The quantitative estimate of drug-likeness (QED) is 0.526. The number of rotatable bonds is 2. The van der Waals surface area contributed by atoms with Crippen molar-refractivity contribution in [2.45, 2.75) is 13.3 Å². The number of aldehydes is 1. The Balaban J connectivity index is 2.51. The third-order valence-corrected chi connectivity index (χ3v) is 1.55. The summed E-state index contributed by atoms with van der Waals surface area (Å²) in [5, 5.41) is 0.932. The van der Waals surface area contributed by atoms with E-state index < -0.39 is 5.97 Å². The number of hydroxylamine groups is 2. The van der Waals surface area contributed by atoms with Crippen molar-refractivity contribution in [3.63, 3.8) is 0 Å². The van der Waals surface area contributed by atoms with Crippen molar-refractivity contribution in [2.75, 3.05) is 6.54 Å². The summed E-state index contributed by atoms with van der Waals surface area (Å²) in [5.74, 6) is -1.20. The molecule has 66 valence electrons. The van der Waals surface area contributed by atoms with Crippen LogP contribution in [0.25, 0.3) is 0 Å². The van der Waals surface area contributed by atoms with Gasteiger partial charge in [-0.25, -0.2) is 0 Å². The molecule has 0 saturated carbocycles. The van der Waals surface area contributed by atoms with E-state index in [0.29, 0.717) is 6.29 Å². The predicted octanol–water partition coefficient (Wildman–Crippen LogP) is -0.488. The van der Waals surface area contributed by atoms with E-state index in [0.717, 1.165) is 5.06 Å². The van der Waals surface area contributed by atoms with E-state index in [1.165, 1.54) is 6.92 Å². The van der Waals surface area contributed by atoms with Crippen LogP contribution in [0.2, 0.25) is 0 Å². The maximum Gasteiger partial charge on any atom is 0.329 e. The van der Waals surface area contributed by atoms with Gasteiger partial charge >= 0.3 is 5.97 Å². The highest BCUT2D eigenvalue weighted by atomic mass is 16.7. The van der Waals surface area contributed by atoms with Gasteiger partial charge in [0.2, 0.25) is 0 Å². The first kappa shape index (κ1) is 8.70. The molecule has 1 atom stereocenters. The normalized spacial score (nSPS) is 22.6. The molecule has 0 aromatic carbocycles. The standard InChI is InChI=1S/C7H9NO4/c1-5(10)12-8-3-6(4-9)2-7(8)11/h4,6H,2-3H2,1H3. The van der Waals surface area contributed by atoms with Crippen molar-refractivity contribution in [3.05, 3.63) is 0 Å². The van der Waals surface area contributed by atoms with Gasteiger partial charge < -0.3 is 9.63 Å². The molecule has 5 nitrogen and oxygen atoms in total. The summed E-state index contributed by atoms with van der Waals surface area (Å²) < 4.78 is 0. The highest BCUT2D eigenvalue weighted by Crippen LogP contribution is 2.15. The second kappa shape index (κ2) is 3.34. The minimum atomic E-state index is -0.546. The Morgan fingerprint density at radius 1 is 1.75 bits per heavy atom. The molecule has 0 aromatic rings. The lowest BCUT2D eigenvalue weighted by molar-refractivity contribution is -0.191. The molecule has 0 aromatic heterocycles. The number of hydrogen-bond donors (Lipinski definition) is 0. The van der Waals surface area contributed by atoms with E-state index in [9.17, 15) is 14.4 Å².